The summed E-state index contributed by atoms with van der Waals surface area (Å²) in [6, 6.07) is 7.84. The SMILES string of the molecule is CCc1nc(C)c2c(Oc3c(F)cccc3Cl)nc3ccc(OC)nc3n12. The van der Waals surface area contributed by atoms with Crippen LogP contribution in [-0.4, -0.2) is 26.5 Å². The van der Waals surface area contributed by atoms with E-state index < -0.39 is 5.82 Å². The van der Waals surface area contributed by atoms with Crippen LogP contribution in [0.2, 0.25) is 5.02 Å². The molecule has 3 aromatic heterocycles. The number of fused-ring (bicyclic) bond motifs is 3. The molecule has 138 valence electrons. The van der Waals surface area contributed by atoms with Gasteiger partial charge in [0.05, 0.1) is 17.8 Å². The highest BCUT2D eigenvalue weighted by molar-refractivity contribution is 6.32. The van der Waals surface area contributed by atoms with Gasteiger partial charge in [0.1, 0.15) is 16.9 Å². The van der Waals surface area contributed by atoms with Gasteiger partial charge in [-0.3, -0.25) is 4.40 Å². The van der Waals surface area contributed by atoms with Crippen LogP contribution in [0.15, 0.2) is 30.3 Å². The summed E-state index contributed by atoms with van der Waals surface area (Å²) < 4.78 is 27.2. The maximum absolute atomic E-state index is 14.2. The third-order valence-electron chi connectivity index (χ3n) is 4.23. The fourth-order valence-electron chi connectivity index (χ4n) is 3.00. The number of nitrogens with zero attached hydrogens (tertiary/aromatic N) is 4. The van der Waals surface area contributed by atoms with Crippen LogP contribution in [0.5, 0.6) is 17.5 Å². The Morgan fingerprint density at radius 1 is 1.15 bits per heavy atom. The van der Waals surface area contributed by atoms with Crippen molar-refractivity contribution in [1.82, 2.24) is 19.4 Å². The summed E-state index contributed by atoms with van der Waals surface area (Å²) >= 11 is 6.12. The third-order valence-corrected chi connectivity index (χ3v) is 4.53. The number of halogens is 2. The van der Waals surface area contributed by atoms with Crippen LogP contribution in [0.3, 0.4) is 0 Å². The zero-order valence-electron chi connectivity index (χ0n) is 15.0. The summed E-state index contributed by atoms with van der Waals surface area (Å²) in [7, 11) is 1.55. The van der Waals surface area contributed by atoms with Gasteiger partial charge in [-0.15, -0.1) is 0 Å². The lowest BCUT2D eigenvalue weighted by Gasteiger charge is -2.12. The maximum atomic E-state index is 14.2. The molecular formula is C19H16ClFN4O2. The molecule has 0 saturated carbocycles. The monoisotopic (exact) mass is 386 g/mol. The molecule has 4 rings (SSSR count). The van der Waals surface area contributed by atoms with Crippen molar-refractivity contribution in [2.75, 3.05) is 7.11 Å². The molecule has 0 atom stereocenters. The largest absolute Gasteiger partial charge is 0.481 e. The molecule has 0 unspecified atom stereocenters. The van der Waals surface area contributed by atoms with Crippen molar-refractivity contribution in [3.8, 4) is 17.5 Å². The predicted molar refractivity (Wildman–Crippen MR) is 100 cm³/mol. The van der Waals surface area contributed by atoms with Gasteiger partial charge in [0.2, 0.25) is 11.8 Å². The number of rotatable bonds is 4. The van der Waals surface area contributed by atoms with Crippen LogP contribution < -0.4 is 9.47 Å². The van der Waals surface area contributed by atoms with Gasteiger partial charge in [-0.05, 0) is 25.1 Å². The second kappa shape index (κ2) is 6.66. The Hall–Kier alpha value is -2.93. The Kier molecular flexibility index (Phi) is 4.31. The minimum atomic E-state index is -0.566. The van der Waals surface area contributed by atoms with Gasteiger partial charge in [-0.1, -0.05) is 24.6 Å². The molecule has 3 heterocycles. The molecule has 0 aliphatic rings. The number of aromatic nitrogens is 4. The minimum absolute atomic E-state index is 0.0759. The van der Waals surface area contributed by atoms with Crippen LogP contribution in [0, 0.1) is 12.7 Å². The summed E-state index contributed by atoms with van der Waals surface area (Å²) in [5, 5.41) is 0.163. The molecule has 8 heteroatoms. The van der Waals surface area contributed by atoms with Crippen molar-refractivity contribution in [3.05, 3.63) is 52.7 Å². The number of para-hydroxylation sites is 1. The second-order valence-electron chi connectivity index (χ2n) is 5.92. The molecule has 0 N–H and O–H groups in total. The highest BCUT2D eigenvalue weighted by Gasteiger charge is 2.20. The van der Waals surface area contributed by atoms with Crippen molar-refractivity contribution < 1.29 is 13.9 Å². The van der Waals surface area contributed by atoms with Crippen LogP contribution in [-0.2, 0) is 6.42 Å². The zero-order chi connectivity index (χ0) is 19.1. The van der Waals surface area contributed by atoms with E-state index in [0.29, 0.717) is 34.7 Å². The van der Waals surface area contributed by atoms with Gasteiger partial charge >= 0.3 is 0 Å². The molecule has 4 aromatic rings. The van der Waals surface area contributed by atoms with Crippen molar-refractivity contribution in [2.45, 2.75) is 20.3 Å². The summed E-state index contributed by atoms with van der Waals surface area (Å²) in [6.45, 7) is 3.84. The molecule has 6 nitrogen and oxygen atoms in total. The smallest absolute Gasteiger partial charge is 0.246 e. The van der Waals surface area contributed by atoms with Crippen molar-refractivity contribution in [1.29, 1.82) is 0 Å². The van der Waals surface area contributed by atoms with E-state index in [4.69, 9.17) is 21.1 Å². The zero-order valence-corrected chi connectivity index (χ0v) is 15.7. The summed E-state index contributed by atoms with van der Waals surface area (Å²) in [6.07, 6.45) is 0.674. The van der Waals surface area contributed by atoms with E-state index in [1.54, 1.807) is 25.3 Å². The first kappa shape index (κ1) is 17.5. The lowest BCUT2D eigenvalue weighted by Crippen LogP contribution is -2.03. The number of hydrogen-bond donors (Lipinski definition) is 0. The first-order chi connectivity index (χ1) is 13.0. The second-order valence-corrected chi connectivity index (χ2v) is 6.32. The van der Waals surface area contributed by atoms with E-state index in [2.05, 4.69) is 15.0 Å². The Balaban J connectivity index is 2.04. The molecule has 0 fully saturated rings. The van der Waals surface area contributed by atoms with Crippen LogP contribution >= 0.6 is 11.6 Å². The lowest BCUT2D eigenvalue weighted by atomic mass is 10.3. The first-order valence-corrected chi connectivity index (χ1v) is 8.75. The normalized spacial score (nSPS) is 11.3. The van der Waals surface area contributed by atoms with Gasteiger partial charge in [0.15, 0.2) is 17.2 Å². The Morgan fingerprint density at radius 3 is 2.67 bits per heavy atom. The minimum Gasteiger partial charge on any atom is -0.481 e. The van der Waals surface area contributed by atoms with Crippen molar-refractivity contribution >= 4 is 28.3 Å². The summed E-state index contributed by atoms with van der Waals surface area (Å²) in [4.78, 5) is 13.6. The fraction of sp³-hybridized carbons (Fsp3) is 0.211. The summed E-state index contributed by atoms with van der Waals surface area (Å²) in [5.74, 6) is 0.826. The molecule has 0 aliphatic heterocycles. The quantitative estimate of drug-likeness (QED) is 0.507. The molecule has 0 saturated heterocycles. The lowest BCUT2D eigenvalue weighted by molar-refractivity contribution is 0.399. The number of benzene rings is 1. The number of imidazole rings is 1. The number of methoxy groups -OCH3 is 1. The third kappa shape index (κ3) is 2.84. The predicted octanol–water partition coefficient (Wildman–Crippen LogP) is 4.74. The highest BCUT2D eigenvalue weighted by atomic mass is 35.5. The van der Waals surface area contributed by atoms with Gasteiger partial charge in [-0.25, -0.2) is 14.4 Å². The van der Waals surface area contributed by atoms with E-state index >= 15 is 0 Å². The maximum Gasteiger partial charge on any atom is 0.246 e. The first-order valence-electron chi connectivity index (χ1n) is 8.38. The van der Waals surface area contributed by atoms with E-state index in [1.165, 1.54) is 12.1 Å². The average Bonchev–Trinajstić information content (AvgIpc) is 3.01. The molecule has 0 radical (unpaired) electrons. The van der Waals surface area contributed by atoms with Crippen molar-refractivity contribution in [2.24, 2.45) is 0 Å². The molecule has 1 aromatic carbocycles. The number of aryl methyl sites for hydroxylation is 2. The molecule has 27 heavy (non-hydrogen) atoms. The van der Waals surface area contributed by atoms with Gasteiger partial charge in [0.25, 0.3) is 0 Å². The van der Waals surface area contributed by atoms with Crippen LogP contribution in [0.1, 0.15) is 18.4 Å². The standard InChI is InChI=1S/C19H16ClFN4O2/c1-4-14-22-10(2)16-19(27-17-11(20)6-5-7-12(17)21)23-13-8-9-15(26-3)24-18(13)25(14)16/h5-9H,4H2,1-3H3. The molecular weight excluding hydrogens is 371 g/mol. The van der Waals surface area contributed by atoms with Gasteiger partial charge < -0.3 is 9.47 Å². The van der Waals surface area contributed by atoms with Crippen molar-refractivity contribution in [3.63, 3.8) is 0 Å². The molecule has 0 amide bonds. The van der Waals surface area contributed by atoms with Crippen LogP contribution in [0.4, 0.5) is 4.39 Å². The fourth-order valence-corrected chi connectivity index (χ4v) is 3.20. The topological polar surface area (TPSA) is 61.5 Å². The summed E-state index contributed by atoms with van der Waals surface area (Å²) in [5.41, 5.74) is 2.47. The molecule has 0 bridgehead atoms. The van der Waals surface area contributed by atoms with E-state index in [9.17, 15) is 4.39 Å². The number of ether oxygens (including phenoxy) is 2. The molecule has 0 aliphatic carbocycles. The Labute approximate surface area is 159 Å². The van der Waals surface area contributed by atoms with E-state index in [-0.39, 0.29) is 16.7 Å². The van der Waals surface area contributed by atoms with E-state index in [1.807, 2.05) is 18.2 Å². The van der Waals surface area contributed by atoms with Crippen LogP contribution in [0.25, 0.3) is 16.7 Å². The number of hydrogen-bond acceptors (Lipinski definition) is 5. The molecule has 0 spiro atoms. The Morgan fingerprint density at radius 2 is 1.96 bits per heavy atom. The number of pyridine rings is 1. The highest BCUT2D eigenvalue weighted by Crippen LogP contribution is 2.35. The Bertz CT molecular complexity index is 1160. The van der Waals surface area contributed by atoms with Gasteiger partial charge in [0, 0.05) is 12.5 Å². The van der Waals surface area contributed by atoms with E-state index in [0.717, 1.165) is 5.82 Å². The average molecular weight is 387 g/mol. The van der Waals surface area contributed by atoms with Gasteiger partial charge in [-0.2, -0.15) is 4.98 Å².